The summed E-state index contributed by atoms with van der Waals surface area (Å²) in [5, 5.41) is 15.7. The molecule has 0 saturated heterocycles. The molecule has 0 fully saturated rings. The summed E-state index contributed by atoms with van der Waals surface area (Å²) in [5.41, 5.74) is -0.367. The van der Waals surface area contributed by atoms with Crippen molar-refractivity contribution in [3.05, 3.63) is 82.0 Å². The van der Waals surface area contributed by atoms with Gasteiger partial charge < -0.3 is 19.9 Å². The number of carbonyl (C=O) groups excluding carboxylic acids is 2. The zero-order chi connectivity index (χ0) is 28.3. The van der Waals surface area contributed by atoms with Crippen LogP contribution in [-0.4, -0.2) is 40.4 Å². The van der Waals surface area contributed by atoms with Crippen LogP contribution in [0.3, 0.4) is 0 Å². The van der Waals surface area contributed by atoms with Gasteiger partial charge in [0.2, 0.25) is 0 Å². The van der Waals surface area contributed by atoms with Crippen LogP contribution in [-0.2, 0) is 25.5 Å². The molecular weight excluding hydrogens is 502 g/mol. The highest BCUT2D eigenvalue weighted by Crippen LogP contribution is 2.48. The van der Waals surface area contributed by atoms with E-state index < -0.39 is 40.6 Å². The van der Waals surface area contributed by atoms with E-state index in [0.29, 0.717) is 28.4 Å². The number of halogens is 1. The number of rotatable bonds is 7. The van der Waals surface area contributed by atoms with Crippen molar-refractivity contribution < 1.29 is 24.2 Å². The second kappa shape index (κ2) is 11.5. The lowest BCUT2D eigenvalue weighted by atomic mass is 9.65. The van der Waals surface area contributed by atoms with Crippen molar-refractivity contribution >= 4 is 23.5 Å². The van der Waals surface area contributed by atoms with Crippen LogP contribution in [0.25, 0.3) is 0 Å². The molecule has 2 N–H and O–H groups in total. The first-order valence-electron chi connectivity index (χ1n) is 13.0. The molecule has 0 aromatic heterocycles. The maximum atomic E-state index is 13.8. The van der Waals surface area contributed by atoms with Crippen molar-refractivity contribution in [3.8, 4) is 0 Å². The van der Waals surface area contributed by atoms with E-state index in [1.165, 1.54) is 0 Å². The minimum Gasteiger partial charge on any atom is -0.460 e. The van der Waals surface area contributed by atoms with Crippen LogP contribution in [0.1, 0.15) is 71.9 Å². The Kier molecular flexibility index (Phi) is 9.00. The molecule has 0 radical (unpaired) electrons. The number of nitrogens with one attached hydrogen (secondary N) is 1. The fourth-order valence-corrected chi connectivity index (χ4v) is 4.93. The minimum atomic E-state index is -1.51. The van der Waals surface area contributed by atoms with Gasteiger partial charge in [-0.2, -0.15) is 0 Å². The van der Waals surface area contributed by atoms with Gasteiger partial charge >= 0.3 is 11.9 Å². The highest BCUT2D eigenvalue weighted by molar-refractivity contribution is 6.30. The maximum absolute atomic E-state index is 13.8. The number of aliphatic hydroxyl groups is 1. The topological polar surface area (TPSA) is 84.9 Å². The molecular formula is C31H40ClNO5. The molecule has 0 aliphatic heterocycles. The van der Waals surface area contributed by atoms with Gasteiger partial charge in [-0.05, 0) is 78.1 Å². The summed E-state index contributed by atoms with van der Waals surface area (Å²) in [6.07, 6.45) is 0.777. The van der Waals surface area contributed by atoms with E-state index in [-0.39, 0.29) is 6.42 Å². The van der Waals surface area contributed by atoms with E-state index >= 15 is 0 Å². The first-order valence-corrected chi connectivity index (χ1v) is 13.4. The van der Waals surface area contributed by atoms with Crippen LogP contribution in [0.4, 0.5) is 0 Å². The Morgan fingerprint density at radius 3 is 2.11 bits per heavy atom. The quantitative estimate of drug-likeness (QED) is 0.420. The third-order valence-corrected chi connectivity index (χ3v) is 6.53. The molecule has 2 aromatic carbocycles. The number of carbonyl (C=O) groups is 2. The molecule has 0 saturated carbocycles. The standard InChI is InChI=1S/C31H40ClNO5/c1-29(2,3)37-27(34)25-23(33-18-17-20-11-9-8-10-12-20)19-31(7,36)26(28(35)38-30(4,5)6)24(25)21-13-15-22(32)16-14-21/h8-16,24,26,33,36H,17-19H2,1-7H3/t24-,26+,31+/m0/s1. The van der Waals surface area contributed by atoms with Gasteiger partial charge in [0.05, 0.1) is 17.1 Å². The van der Waals surface area contributed by atoms with Gasteiger partial charge in [0.25, 0.3) is 0 Å². The summed E-state index contributed by atoms with van der Waals surface area (Å²) in [4.78, 5) is 27.4. The number of ether oxygens (including phenoxy) is 2. The molecule has 1 aliphatic rings. The van der Waals surface area contributed by atoms with E-state index in [2.05, 4.69) is 5.32 Å². The largest absolute Gasteiger partial charge is 0.460 e. The Bertz CT molecular complexity index is 1160. The SMILES string of the molecule is CC(C)(C)OC(=O)C1=C(NCCc2ccccc2)C[C@@](C)(O)[C@@H](C(=O)OC(C)(C)C)[C@H]1c1ccc(Cl)cc1. The highest BCUT2D eigenvalue weighted by Gasteiger charge is 2.53. The average Bonchev–Trinajstić information content (AvgIpc) is 2.76. The zero-order valence-corrected chi connectivity index (χ0v) is 24.2. The Morgan fingerprint density at radius 1 is 0.974 bits per heavy atom. The second-order valence-corrected chi connectivity index (χ2v) is 12.6. The molecule has 0 heterocycles. The van der Waals surface area contributed by atoms with Crippen LogP contribution < -0.4 is 5.32 Å². The Hall–Kier alpha value is -2.83. The number of hydrogen-bond acceptors (Lipinski definition) is 6. The predicted octanol–water partition coefficient (Wildman–Crippen LogP) is 5.96. The smallest absolute Gasteiger partial charge is 0.336 e. The van der Waals surface area contributed by atoms with Gasteiger partial charge in [-0.3, -0.25) is 4.79 Å². The number of esters is 2. The molecule has 1 aliphatic carbocycles. The van der Waals surface area contributed by atoms with Crippen molar-refractivity contribution in [3.63, 3.8) is 0 Å². The first kappa shape index (κ1) is 29.7. The fourth-order valence-electron chi connectivity index (χ4n) is 4.80. The number of benzene rings is 2. The van der Waals surface area contributed by atoms with E-state index in [4.69, 9.17) is 21.1 Å². The van der Waals surface area contributed by atoms with Crippen molar-refractivity contribution in [2.75, 3.05) is 6.54 Å². The minimum absolute atomic E-state index is 0.0599. The Balaban J connectivity index is 2.15. The lowest BCUT2D eigenvalue weighted by Gasteiger charge is -2.44. The lowest BCUT2D eigenvalue weighted by molar-refractivity contribution is -0.171. The zero-order valence-electron chi connectivity index (χ0n) is 23.4. The fraction of sp³-hybridized carbons (Fsp3) is 0.484. The summed E-state index contributed by atoms with van der Waals surface area (Å²) < 4.78 is 11.6. The van der Waals surface area contributed by atoms with Crippen LogP contribution >= 0.6 is 11.6 Å². The van der Waals surface area contributed by atoms with E-state index in [1.807, 2.05) is 30.3 Å². The summed E-state index contributed by atoms with van der Waals surface area (Å²) in [5.74, 6) is -2.99. The van der Waals surface area contributed by atoms with Gasteiger partial charge in [0, 0.05) is 29.6 Å². The Morgan fingerprint density at radius 2 is 1.55 bits per heavy atom. The molecule has 0 unspecified atom stereocenters. The van der Waals surface area contributed by atoms with Gasteiger partial charge in [-0.1, -0.05) is 54.1 Å². The van der Waals surface area contributed by atoms with E-state index in [1.54, 1.807) is 72.7 Å². The summed E-state index contributed by atoms with van der Waals surface area (Å²) in [6, 6.07) is 17.0. The van der Waals surface area contributed by atoms with Crippen molar-refractivity contribution in [2.45, 2.75) is 84.0 Å². The van der Waals surface area contributed by atoms with Crippen molar-refractivity contribution in [2.24, 2.45) is 5.92 Å². The second-order valence-electron chi connectivity index (χ2n) is 12.1. The van der Waals surface area contributed by atoms with Gasteiger partial charge in [-0.25, -0.2) is 4.79 Å². The molecule has 3 rings (SSSR count). The summed E-state index contributed by atoms with van der Waals surface area (Å²) in [7, 11) is 0. The Labute approximate surface area is 231 Å². The van der Waals surface area contributed by atoms with Crippen molar-refractivity contribution in [1.82, 2.24) is 5.32 Å². The monoisotopic (exact) mass is 541 g/mol. The molecule has 2 aromatic rings. The lowest BCUT2D eigenvalue weighted by Crippen LogP contribution is -2.52. The average molecular weight is 542 g/mol. The molecule has 0 bridgehead atoms. The van der Waals surface area contributed by atoms with Gasteiger partial charge in [0.15, 0.2) is 0 Å². The molecule has 7 heteroatoms. The molecule has 206 valence electrons. The van der Waals surface area contributed by atoms with Gasteiger partial charge in [0.1, 0.15) is 11.2 Å². The van der Waals surface area contributed by atoms with Crippen LogP contribution in [0, 0.1) is 5.92 Å². The van der Waals surface area contributed by atoms with Crippen molar-refractivity contribution in [1.29, 1.82) is 0 Å². The molecule has 3 atom stereocenters. The predicted molar refractivity (Wildman–Crippen MR) is 150 cm³/mol. The normalized spacial score (nSPS) is 22.1. The summed E-state index contributed by atoms with van der Waals surface area (Å²) in [6.45, 7) is 12.9. The maximum Gasteiger partial charge on any atom is 0.336 e. The third-order valence-electron chi connectivity index (χ3n) is 6.28. The molecule has 0 spiro atoms. The molecule has 38 heavy (non-hydrogen) atoms. The van der Waals surface area contributed by atoms with Crippen LogP contribution in [0.15, 0.2) is 65.9 Å². The van der Waals surface area contributed by atoms with Gasteiger partial charge in [-0.15, -0.1) is 0 Å². The third kappa shape index (κ3) is 7.84. The summed E-state index contributed by atoms with van der Waals surface area (Å²) >= 11 is 6.18. The first-order chi connectivity index (χ1) is 17.6. The van der Waals surface area contributed by atoms with E-state index in [0.717, 1.165) is 12.0 Å². The number of hydrogen-bond donors (Lipinski definition) is 2. The van der Waals surface area contributed by atoms with E-state index in [9.17, 15) is 14.7 Å². The molecule has 6 nitrogen and oxygen atoms in total. The highest BCUT2D eigenvalue weighted by atomic mass is 35.5. The molecule has 0 amide bonds. The van der Waals surface area contributed by atoms with Crippen LogP contribution in [0.2, 0.25) is 5.02 Å². The van der Waals surface area contributed by atoms with Crippen LogP contribution in [0.5, 0.6) is 0 Å².